The Kier molecular flexibility index (Phi) is 5.19. The largest absolute Gasteiger partial charge is 0.458 e. The molecule has 7 atom stereocenters. The van der Waals surface area contributed by atoms with E-state index in [0.717, 1.165) is 31.3 Å². The number of aliphatic hydroxyl groups is 2. The number of carbonyl (C=O) groups excluding carboxylic acids is 2. The van der Waals surface area contributed by atoms with Gasteiger partial charge in [0.05, 0.1) is 23.2 Å². The molecule has 0 amide bonds. The summed E-state index contributed by atoms with van der Waals surface area (Å²) in [7, 11) is 0. The molecule has 0 bridgehead atoms. The molecule has 0 aromatic rings. The predicted molar refractivity (Wildman–Crippen MR) is 125 cm³/mol. The minimum absolute atomic E-state index is 0.219. The Labute approximate surface area is 196 Å². The number of cyclic esters (lactones) is 1. The highest BCUT2D eigenvalue weighted by atomic mass is 16.5. The molecule has 0 unspecified atom stereocenters. The van der Waals surface area contributed by atoms with E-state index in [1.807, 2.05) is 19.9 Å². The van der Waals surface area contributed by atoms with Gasteiger partial charge in [-0.15, -0.1) is 0 Å². The maximum atomic E-state index is 13.1. The Morgan fingerprint density at radius 1 is 1.24 bits per heavy atom. The number of fused-ring (bicyclic) bond motifs is 5. The second-order valence-electron chi connectivity index (χ2n) is 11.4. The van der Waals surface area contributed by atoms with Gasteiger partial charge < -0.3 is 14.9 Å². The number of ether oxygens (including phenoxy) is 1. The first kappa shape index (κ1) is 22.8. The first-order valence-electron chi connectivity index (χ1n) is 12.4. The summed E-state index contributed by atoms with van der Waals surface area (Å²) in [5.41, 5.74) is 1.87. The van der Waals surface area contributed by atoms with Crippen LogP contribution in [0.3, 0.4) is 0 Å². The Balaban J connectivity index is 1.44. The molecule has 4 aliphatic carbocycles. The van der Waals surface area contributed by atoms with E-state index in [-0.39, 0.29) is 30.1 Å². The lowest BCUT2D eigenvalue weighted by atomic mass is 9.48. The van der Waals surface area contributed by atoms with Gasteiger partial charge in [-0.2, -0.15) is 0 Å². The Bertz CT molecular complexity index is 1030. The summed E-state index contributed by atoms with van der Waals surface area (Å²) in [4.78, 5) is 25.5. The molecular formula is C28H36O5. The highest BCUT2D eigenvalue weighted by Crippen LogP contribution is 2.66. The van der Waals surface area contributed by atoms with Crippen LogP contribution in [0.15, 0.2) is 46.6 Å². The van der Waals surface area contributed by atoms with Crippen LogP contribution in [-0.2, 0) is 14.3 Å². The molecule has 178 valence electrons. The standard InChI is InChI=1S/C28H36O5/c1-16-14-23(33-25(31)20(16)15-29)17(2)28(32)13-11-21-19-9-8-18-6-5-7-24(30)27(18,4)22(19)10-12-26(21,28)3/h5,7-8,11,17,19,22-23,29,32H,6,9-10,12-15H2,1-4H3/t17-,19+,22+,23-,26+,27+,28+/m1/s1. The van der Waals surface area contributed by atoms with E-state index in [2.05, 4.69) is 26.0 Å². The normalized spacial score (nSPS) is 43.3. The van der Waals surface area contributed by atoms with Gasteiger partial charge >= 0.3 is 5.97 Å². The van der Waals surface area contributed by atoms with E-state index < -0.39 is 28.5 Å². The van der Waals surface area contributed by atoms with Crippen molar-refractivity contribution in [3.63, 3.8) is 0 Å². The average molecular weight is 453 g/mol. The third kappa shape index (κ3) is 2.91. The van der Waals surface area contributed by atoms with Crippen molar-refractivity contribution in [1.82, 2.24) is 0 Å². The quantitative estimate of drug-likeness (QED) is 0.495. The maximum Gasteiger partial charge on any atom is 0.336 e. The third-order valence-corrected chi connectivity index (χ3v) is 10.2. The second-order valence-corrected chi connectivity index (χ2v) is 11.4. The van der Waals surface area contributed by atoms with Gasteiger partial charge in [-0.05, 0) is 63.9 Å². The van der Waals surface area contributed by atoms with Crippen LogP contribution < -0.4 is 0 Å². The molecule has 5 heteroatoms. The maximum absolute atomic E-state index is 13.1. The van der Waals surface area contributed by atoms with Gasteiger partial charge in [-0.25, -0.2) is 4.79 Å². The molecule has 1 aliphatic heterocycles. The summed E-state index contributed by atoms with van der Waals surface area (Å²) < 4.78 is 5.73. The SMILES string of the molecule is CC1=C(CO)C(=O)O[C@@H]([C@@H](C)[C@@]2(O)CC=C3[C@@H]4CC=C5CC=CC(=O)[C@]5(C)[C@H]4CC[C@@]32C)C1. The molecule has 1 saturated carbocycles. The second kappa shape index (κ2) is 7.51. The average Bonchev–Trinajstić information content (AvgIpc) is 3.06. The van der Waals surface area contributed by atoms with Crippen molar-refractivity contribution in [2.75, 3.05) is 6.61 Å². The van der Waals surface area contributed by atoms with Crippen LogP contribution in [0.25, 0.3) is 0 Å². The summed E-state index contributed by atoms with van der Waals surface area (Å²) in [6.45, 7) is 7.85. The van der Waals surface area contributed by atoms with Crippen LogP contribution in [0.2, 0.25) is 0 Å². The Morgan fingerprint density at radius 2 is 2.00 bits per heavy atom. The highest BCUT2D eigenvalue weighted by Gasteiger charge is 2.63. The molecule has 5 aliphatic rings. The Morgan fingerprint density at radius 3 is 2.70 bits per heavy atom. The summed E-state index contributed by atoms with van der Waals surface area (Å²) in [5.74, 6) is 0.0129. The predicted octanol–water partition coefficient (Wildman–Crippen LogP) is 4.21. The van der Waals surface area contributed by atoms with E-state index in [9.17, 15) is 19.8 Å². The van der Waals surface area contributed by atoms with Gasteiger partial charge in [0.25, 0.3) is 0 Å². The van der Waals surface area contributed by atoms with Crippen molar-refractivity contribution in [2.45, 2.75) is 77.9 Å². The van der Waals surface area contributed by atoms with E-state index in [4.69, 9.17) is 4.74 Å². The summed E-state index contributed by atoms with van der Waals surface area (Å²) in [5, 5.41) is 21.7. The molecule has 0 aromatic heterocycles. The number of carbonyl (C=O) groups is 2. The first-order valence-corrected chi connectivity index (χ1v) is 12.4. The number of allylic oxidation sites excluding steroid dienone is 4. The molecule has 2 N–H and O–H groups in total. The summed E-state index contributed by atoms with van der Waals surface area (Å²) in [6, 6.07) is 0. The molecule has 1 heterocycles. The summed E-state index contributed by atoms with van der Waals surface area (Å²) in [6.07, 6.45) is 12.4. The van der Waals surface area contributed by atoms with Crippen molar-refractivity contribution < 1.29 is 24.5 Å². The minimum atomic E-state index is -1.02. The summed E-state index contributed by atoms with van der Waals surface area (Å²) >= 11 is 0. The van der Waals surface area contributed by atoms with Crippen LogP contribution in [0.5, 0.6) is 0 Å². The zero-order valence-corrected chi connectivity index (χ0v) is 20.2. The number of hydrogen-bond donors (Lipinski definition) is 2. The highest BCUT2D eigenvalue weighted by molar-refractivity contribution is 5.98. The number of aliphatic hydroxyl groups excluding tert-OH is 1. The van der Waals surface area contributed by atoms with E-state index in [1.54, 1.807) is 6.08 Å². The fourth-order valence-electron chi connectivity index (χ4n) is 7.88. The monoisotopic (exact) mass is 452 g/mol. The van der Waals surface area contributed by atoms with E-state index in [0.29, 0.717) is 18.4 Å². The molecule has 5 nitrogen and oxygen atoms in total. The van der Waals surface area contributed by atoms with Crippen LogP contribution >= 0.6 is 0 Å². The molecule has 0 aromatic carbocycles. The van der Waals surface area contributed by atoms with Crippen LogP contribution in [-0.4, -0.2) is 40.3 Å². The Hall–Kier alpha value is -1.98. The lowest BCUT2D eigenvalue weighted by Gasteiger charge is -2.57. The molecule has 0 spiro atoms. The zero-order chi connectivity index (χ0) is 23.8. The van der Waals surface area contributed by atoms with Gasteiger partial charge in [0.1, 0.15) is 6.10 Å². The molecule has 0 saturated heterocycles. The number of hydrogen-bond acceptors (Lipinski definition) is 5. The van der Waals surface area contributed by atoms with Crippen molar-refractivity contribution in [2.24, 2.45) is 28.6 Å². The lowest BCUT2D eigenvalue weighted by Crippen LogP contribution is -2.58. The molecular weight excluding hydrogens is 416 g/mol. The molecule has 33 heavy (non-hydrogen) atoms. The fraction of sp³-hybridized carbons (Fsp3) is 0.643. The van der Waals surface area contributed by atoms with Crippen LogP contribution in [0.4, 0.5) is 0 Å². The van der Waals surface area contributed by atoms with Gasteiger partial charge in [0.2, 0.25) is 0 Å². The minimum Gasteiger partial charge on any atom is -0.458 e. The fourth-order valence-corrected chi connectivity index (χ4v) is 7.88. The van der Waals surface area contributed by atoms with Gasteiger partial charge in [-0.3, -0.25) is 4.79 Å². The number of rotatable bonds is 3. The number of esters is 1. The first-order chi connectivity index (χ1) is 15.6. The van der Waals surface area contributed by atoms with Gasteiger partial charge in [-0.1, -0.05) is 48.8 Å². The smallest absolute Gasteiger partial charge is 0.336 e. The van der Waals surface area contributed by atoms with Crippen LogP contribution in [0, 0.1) is 28.6 Å². The van der Waals surface area contributed by atoms with E-state index >= 15 is 0 Å². The third-order valence-electron chi connectivity index (χ3n) is 10.2. The van der Waals surface area contributed by atoms with Crippen molar-refractivity contribution in [3.05, 3.63) is 46.6 Å². The molecule has 0 radical (unpaired) electrons. The van der Waals surface area contributed by atoms with Crippen molar-refractivity contribution in [1.29, 1.82) is 0 Å². The van der Waals surface area contributed by atoms with E-state index in [1.165, 1.54) is 11.1 Å². The topological polar surface area (TPSA) is 83.8 Å². The van der Waals surface area contributed by atoms with Crippen molar-refractivity contribution >= 4 is 11.8 Å². The molecule has 5 rings (SSSR count). The lowest BCUT2D eigenvalue weighted by molar-refractivity contribution is -0.168. The van der Waals surface area contributed by atoms with Gasteiger partial charge in [0, 0.05) is 17.8 Å². The number of ketones is 1. The molecule has 1 fully saturated rings. The van der Waals surface area contributed by atoms with Gasteiger partial charge in [0.15, 0.2) is 5.78 Å². The van der Waals surface area contributed by atoms with Crippen LogP contribution in [0.1, 0.15) is 66.2 Å². The van der Waals surface area contributed by atoms with Crippen molar-refractivity contribution in [3.8, 4) is 0 Å². The zero-order valence-electron chi connectivity index (χ0n) is 20.2.